The second-order valence-electron chi connectivity index (χ2n) is 9.62. The molecule has 1 heterocycles. The minimum Gasteiger partial charge on any atom is -0.496 e. The Morgan fingerprint density at radius 3 is 2.16 bits per heavy atom. The summed E-state index contributed by atoms with van der Waals surface area (Å²) in [7, 11) is 0.460. The van der Waals surface area contributed by atoms with Crippen LogP contribution < -0.4 is 10.1 Å². The zero-order valence-corrected chi connectivity index (χ0v) is 19.8. The minimum atomic E-state index is -4.50. The molecule has 32 heavy (non-hydrogen) atoms. The fourth-order valence-corrected chi connectivity index (χ4v) is 2.89. The SMILES string of the molecule is COc1cc(C(F)(F)F)ccc1C=C(CNC(=O)OC(C)(C)C)B1OC(C)(C)C(C)(C)O1. The summed E-state index contributed by atoms with van der Waals surface area (Å²) in [4.78, 5) is 12.2. The molecule has 0 spiro atoms. The summed E-state index contributed by atoms with van der Waals surface area (Å²) in [5.41, 5.74) is -1.92. The van der Waals surface area contributed by atoms with E-state index in [0.29, 0.717) is 11.0 Å². The molecule has 1 saturated heterocycles. The third-order valence-electron chi connectivity index (χ3n) is 5.29. The highest BCUT2D eigenvalue weighted by molar-refractivity contribution is 6.56. The highest BCUT2D eigenvalue weighted by Gasteiger charge is 2.52. The number of hydrogen-bond acceptors (Lipinski definition) is 5. The minimum absolute atomic E-state index is 0.00405. The second-order valence-corrected chi connectivity index (χ2v) is 9.62. The molecule has 10 heteroatoms. The first-order valence-electron chi connectivity index (χ1n) is 10.2. The molecule has 1 aromatic carbocycles. The van der Waals surface area contributed by atoms with Crippen molar-refractivity contribution in [3.63, 3.8) is 0 Å². The molecule has 1 N–H and O–H groups in total. The summed E-state index contributed by atoms with van der Waals surface area (Å²) < 4.78 is 61.9. The smallest absolute Gasteiger partial charge is 0.492 e. The molecule has 0 saturated carbocycles. The van der Waals surface area contributed by atoms with Gasteiger partial charge in [-0.3, -0.25) is 0 Å². The summed E-state index contributed by atoms with van der Waals surface area (Å²) >= 11 is 0. The van der Waals surface area contributed by atoms with Crippen LogP contribution in [0.3, 0.4) is 0 Å². The fraction of sp³-hybridized carbons (Fsp3) is 0.591. The van der Waals surface area contributed by atoms with Gasteiger partial charge < -0.3 is 24.1 Å². The number of halogens is 3. The molecule has 6 nitrogen and oxygen atoms in total. The van der Waals surface area contributed by atoms with E-state index < -0.39 is 41.8 Å². The number of ether oxygens (including phenoxy) is 2. The number of nitrogens with one attached hydrogen (secondary N) is 1. The maximum Gasteiger partial charge on any atom is 0.492 e. The van der Waals surface area contributed by atoms with Crippen molar-refractivity contribution in [1.82, 2.24) is 5.32 Å². The summed E-state index contributed by atoms with van der Waals surface area (Å²) in [6.45, 7) is 12.7. The van der Waals surface area contributed by atoms with Gasteiger partial charge in [-0.15, -0.1) is 0 Å². The van der Waals surface area contributed by atoms with Crippen molar-refractivity contribution in [3.8, 4) is 5.75 Å². The molecule has 0 aromatic heterocycles. The number of benzene rings is 1. The summed E-state index contributed by atoms with van der Waals surface area (Å²) in [5.74, 6) is 0.0334. The average molecular weight is 457 g/mol. The number of hydrogen-bond donors (Lipinski definition) is 1. The van der Waals surface area contributed by atoms with E-state index in [-0.39, 0.29) is 12.3 Å². The summed E-state index contributed by atoms with van der Waals surface area (Å²) in [6, 6.07) is 3.20. The zero-order chi connectivity index (χ0) is 24.5. The van der Waals surface area contributed by atoms with Gasteiger partial charge in [-0.2, -0.15) is 13.2 Å². The van der Waals surface area contributed by atoms with Crippen LogP contribution in [0.4, 0.5) is 18.0 Å². The lowest BCUT2D eigenvalue weighted by atomic mass is 9.77. The van der Waals surface area contributed by atoms with Crippen LogP contribution in [0.25, 0.3) is 6.08 Å². The average Bonchev–Trinajstić information content (AvgIpc) is 2.83. The number of carbonyl (C=O) groups excluding carboxylic acids is 1. The van der Waals surface area contributed by atoms with E-state index in [1.165, 1.54) is 13.2 Å². The summed E-state index contributed by atoms with van der Waals surface area (Å²) in [6.07, 6.45) is -3.54. The maximum atomic E-state index is 13.1. The second kappa shape index (κ2) is 8.98. The predicted molar refractivity (Wildman–Crippen MR) is 116 cm³/mol. The molecule has 1 amide bonds. The van der Waals surface area contributed by atoms with Gasteiger partial charge in [-0.05, 0) is 66.1 Å². The molecule has 1 aromatic rings. The lowest BCUT2D eigenvalue weighted by molar-refractivity contribution is -0.137. The molecule has 0 radical (unpaired) electrons. The molecule has 1 aliphatic rings. The van der Waals surface area contributed by atoms with Gasteiger partial charge in [0.15, 0.2) is 0 Å². The van der Waals surface area contributed by atoms with Gasteiger partial charge in [-0.1, -0.05) is 12.1 Å². The van der Waals surface area contributed by atoms with E-state index in [4.69, 9.17) is 18.8 Å². The lowest BCUT2D eigenvalue weighted by Crippen LogP contribution is -2.41. The Hall–Kier alpha value is -2.20. The van der Waals surface area contributed by atoms with Crippen LogP contribution in [0.5, 0.6) is 5.75 Å². The Balaban J connectivity index is 2.40. The van der Waals surface area contributed by atoms with Crippen molar-refractivity contribution in [2.45, 2.75) is 71.4 Å². The van der Waals surface area contributed by atoms with Crippen LogP contribution in [0.1, 0.15) is 59.6 Å². The quantitative estimate of drug-likeness (QED) is 0.612. The van der Waals surface area contributed by atoms with Crippen LogP contribution in [-0.4, -0.2) is 43.7 Å². The third-order valence-corrected chi connectivity index (χ3v) is 5.29. The predicted octanol–water partition coefficient (Wildman–Crippen LogP) is 5.25. The van der Waals surface area contributed by atoms with E-state index in [1.54, 1.807) is 26.8 Å². The number of alkyl carbamates (subject to hydrolysis) is 1. The molecule has 0 aliphatic carbocycles. The van der Waals surface area contributed by atoms with E-state index in [2.05, 4.69) is 5.32 Å². The van der Waals surface area contributed by atoms with E-state index in [1.807, 2.05) is 27.7 Å². The standard InChI is InChI=1S/C22H31BF3NO5/c1-19(2,3)30-18(28)27-13-16(23-31-20(4,5)21(6,7)32-23)11-14-9-10-15(22(24,25)26)12-17(14)29-8/h9-12H,13H2,1-8H3,(H,27,28). The van der Waals surface area contributed by atoms with E-state index in [9.17, 15) is 18.0 Å². The Kier molecular flexibility index (Phi) is 7.31. The van der Waals surface area contributed by atoms with Gasteiger partial charge in [0.05, 0.1) is 23.9 Å². The molecule has 1 aliphatic heterocycles. The van der Waals surface area contributed by atoms with Crippen molar-refractivity contribution in [3.05, 3.63) is 34.8 Å². The number of alkyl halides is 3. The highest BCUT2D eigenvalue weighted by atomic mass is 19.4. The van der Waals surface area contributed by atoms with Crippen LogP contribution in [0.15, 0.2) is 23.7 Å². The molecule has 1 fully saturated rings. The fourth-order valence-electron chi connectivity index (χ4n) is 2.89. The molecular formula is C22H31BF3NO5. The topological polar surface area (TPSA) is 66.0 Å². The molecule has 0 bridgehead atoms. The Bertz CT molecular complexity index is 859. The largest absolute Gasteiger partial charge is 0.496 e. The summed E-state index contributed by atoms with van der Waals surface area (Å²) in [5, 5.41) is 2.65. The molecule has 0 unspecified atom stereocenters. The molecule has 2 rings (SSSR count). The number of rotatable bonds is 5. The van der Waals surface area contributed by atoms with Gasteiger partial charge >= 0.3 is 19.4 Å². The number of methoxy groups -OCH3 is 1. The van der Waals surface area contributed by atoms with Crippen molar-refractivity contribution in [1.29, 1.82) is 0 Å². The molecule has 178 valence electrons. The molecule has 0 atom stereocenters. The van der Waals surface area contributed by atoms with Crippen molar-refractivity contribution < 1.29 is 36.7 Å². The Morgan fingerprint density at radius 1 is 1.12 bits per heavy atom. The van der Waals surface area contributed by atoms with Crippen LogP contribution in [0, 0.1) is 0 Å². The zero-order valence-electron chi connectivity index (χ0n) is 19.8. The number of carbonyl (C=O) groups is 1. The first-order valence-corrected chi connectivity index (χ1v) is 10.2. The third kappa shape index (κ3) is 6.42. The van der Waals surface area contributed by atoms with Gasteiger partial charge in [0.2, 0.25) is 0 Å². The monoisotopic (exact) mass is 457 g/mol. The van der Waals surface area contributed by atoms with Gasteiger partial charge in [0.1, 0.15) is 11.4 Å². The van der Waals surface area contributed by atoms with E-state index in [0.717, 1.165) is 12.1 Å². The van der Waals surface area contributed by atoms with Crippen LogP contribution >= 0.6 is 0 Å². The highest BCUT2D eigenvalue weighted by Crippen LogP contribution is 2.39. The van der Waals surface area contributed by atoms with Gasteiger partial charge in [0.25, 0.3) is 0 Å². The Morgan fingerprint density at radius 2 is 1.69 bits per heavy atom. The van der Waals surface area contributed by atoms with Crippen LogP contribution in [-0.2, 0) is 20.2 Å². The van der Waals surface area contributed by atoms with Gasteiger partial charge in [0, 0.05) is 12.1 Å². The normalized spacial score (nSPS) is 18.5. The first kappa shape index (κ1) is 26.1. The molecular weight excluding hydrogens is 426 g/mol. The van der Waals surface area contributed by atoms with Crippen LogP contribution in [0.2, 0.25) is 0 Å². The van der Waals surface area contributed by atoms with E-state index >= 15 is 0 Å². The number of amides is 1. The van der Waals surface area contributed by atoms with Crippen molar-refractivity contribution >= 4 is 19.3 Å². The maximum absolute atomic E-state index is 13.1. The first-order chi connectivity index (χ1) is 14.4. The van der Waals surface area contributed by atoms with Crippen molar-refractivity contribution in [2.24, 2.45) is 0 Å². The van der Waals surface area contributed by atoms with Gasteiger partial charge in [-0.25, -0.2) is 4.79 Å². The van der Waals surface area contributed by atoms with Crippen molar-refractivity contribution in [2.75, 3.05) is 13.7 Å². The Labute approximate surface area is 187 Å². The lowest BCUT2D eigenvalue weighted by Gasteiger charge is -2.32.